The monoisotopic (exact) mass is 199 g/mol. The minimum atomic E-state index is -0.734. The highest BCUT2D eigenvalue weighted by Crippen LogP contribution is 2.35. The Hall–Kier alpha value is -0.570. The summed E-state index contributed by atoms with van der Waals surface area (Å²) in [4.78, 5) is 11.7. The first-order chi connectivity index (χ1) is 6.50. The second kappa shape index (κ2) is 4.30. The van der Waals surface area contributed by atoms with E-state index in [0.717, 1.165) is 19.3 Å². The van der Waals surface area contributed by atoms with Crippen LogP contribution >= 0.6 is 0 Å². The second-order valence-corrected chi connectivity index (χ2v) is 4.54. The van der Waals surface area contributed by atoms with Crippen molar-refractivity contribution in [3.8, 4) is 0 Å². The molecule has 0 aliphatic heterocycles. The molecule has 3 unspecified atom stereocenters. The summed E-state index contributed by atoms with van der Waals surface area (Å²) in [5.41, 5.74) is 5.39. The van der Waals surface area contributed by atoms with Crippen molar-refractivity contribution in [1.29, 1.82) is 0 Å². The smallest absolute Gasteiger partial charge is 0.326 e. The van der Waals surface area contributed by atoms with Gasteiger partial charge in [0.15, 0.2) is 0 Å². The first-order valence-corrected chi connectivity index (χ1v) is 5.46. The highest BCUT2D eigenvalue weighted by molar-refractivity contribution is 5.81. The Balaban J connectivity index is 2.68. The molecule has 3 atom stereocenters. The van der Waals surface area contributed by atoms with E-state index in [9.17, 15) is 4.79 Å². The molecule has 3 nitrogen and oxygen atoms in total. The van der Waals surface area contributed by atoms with Crippen molar-refractivity contribution in [3.63, 3.8) is 0 Å². The molecule has 0 heterocycles. The van der Waals surface area contributed by atoms with Crippen molar-refractivity contribution in [2.24, 2.45) is 17.6 Å². The largest absolute Gasteiger partial charge is 0.465 e. The molecular formula is C11H21NO2. The van der Waals surface area contributed by atoms with Crippen molar-refractivity contribution in [3.05, 3.63) is 0 Å². The minimum absolute atomic E-state index is 0.223. The van der Waals surface area contributed by atoms with Crippen LogP contribution in [0.5, 0.6) is 0 Å². The normalized spacial score (nSPS) is 38.0. The summed E-state index contributed by atoms with van der Waals surface area (Å²) in [5, 5.41) is 0. The van der Waals surface area contributed by atoms with E-state index in [1.807, 2.05) is 13.8 Å². The number of ether oxygens (including phenoxy) is 1. The fourth-order valence-electron chi connectivity index (χ4n) is 2.23. The van der Waals surface area contributed by atoms with Gasteiger partial charge in [-0.15, -0.1) is 0 Å². The van der Waals surface area contributed by atoms with Crippen molar-refractivity contribution in [1.82, 2.24) is 0 Å². The van der Waals surface area contributed by atoms with Crippen LogP contribution in [-0.2, 0) is 9.53 Å². The van der Waals surface area contributed by atoms with E-state index in [-0.39, 0.29) is 11.9 Å². The van der Waals surface area contributed by atoms with Gasteiger partial charge in [-0.2, -0.15) is 0 Å². The van der Waals surface area contributed by atoms with Gasteiger partial charge in [-0.05, 0) is 38.0 Å². The molecule has 0 spiro atoms. The average molecular weight is 199 g/mol. The molecule has 1 fully saturated rings. The Morgan fingerprint density at radius 3 is 2.71 bits per heavy atom. The predicted molar refractivity (Wildman–Crippen MR) is 55.7 cm³/mol. The van der Waals surface area contributed by atoms with Crippen molar-refractivity contribution in [2.75, 3.05) is 6.61 Å². The molecule has 14 heavy (non-hydrogen) atoms. The molecule has 0 saturated heterocycles. The number of rotatable bonds is 2. The molecule has 1 aliphatic rings. The van der Waals surface area contributed by atoms with Crippen LogP contribution in [0.25, 0.3) is 0 Å². The van der Waals surface area contributed by atoms with Gasteiger partial charge in [0.05, 0.1) is 6.61 Å². The molecule has 0 bridgehead atoms. The summed E-state index contributed by atoms with van der Waals surface area (Å²) in [5.74, 6) is 0.681. The SMILES string of the molecule is CCOC(=O)C1(N)CCC(C)CC1C. The highest BCUT2D eigenvalue weighted by atomic mass is 16.5. The first-order valence-electron chi connectivity index (χ1n) is 5.46. The topological polar surface area (TPSA) is 52.3 Å². The zero-order valence-corrected chi connectivity index (χ0v) is 9.38. The van der Waals surface area contributed by atoms with Gasteiger partial charge in [-0.25, -0.2) is 0 Å². The third-order valence-electron chi connectivity index (χ3n) is 3.34. The van der Waals surface area contributed by atoms with Crippen molar-refractivity contribution >= 4 is 5.97 Å². The Morgan fingerprint density at radius 1 is 1.57 bits per heavy atom. The van der Waals surface area contributed by atoms with Gasteiger partial charge in [0.2, 0.25) is 0 Å². The summed E-state index contributed by atoms with van der Waals surface area (Å²) in [7, 11) is 0. The van der Waals surface area contributed by atoms with E-state index in [2.05, 4.69) is 6.92 Å². The molecule has 3 heteroatoms. The van der Waals surface area contributed by atoms with Gasteiger partial charge in [0.25, 0.3) is 0 Å². The summed E-state index contributed by atoms with van der Waals surface area (Å²) < 4.78 is 5.03. The van der Waals surface area contributed by atoms with Crippen LogP contribution in [0.1, 0.15) is 40.0 Å². The van der Waals surface area contributed by atoms with Gasteiger partial charge in [-0.1, -0.05) is 13.8 Å². The van der Waals surface area contributed by atoms with Gasteiger partial charge in [-0.3, -0.25) is 4.79 Å². The number of hydrogen-bond acceptors (Lipinski definition) is 3. The standard InChI is InChI=1S/C11H21NO2/c1-4-14-10(13)11(12)6-5-8(2)7-9(11)3/h8-9H,4-7,12H2,1-3H3. The maximum atomic E-state index is 11.7. The van der Waals surface area contributed by atoms with Gasteiger partial charge in [0.1, 0.15) is 5.54 Å². The summed E-state index contributed by atoms with van der Waals surface area (Å²) >= 11 is 0. The third-order valence-corrected chi connectivity index (χ3v) is 3.34. The first kappa shape index (κ1) is 11.5. The Morgan fingerprint density at radius 2 is 2.21 bits per heavy atom. The van der Waals surface area contributed by atoms with E-state index < -0.39 is 5.54 Å². The van der Waals surface area contributed by atoms with Crippen LogP contribution in [0.15, 0.2) is 0 Å². The van der Waals surface area contributed by atoms with E-state index in [1.165, 1.54) is 0 Å². The van der Waals surface area contributed by atoms with Crippen molar-refractivity contribution < 1.29 is 9.53 Å². The summed E-state index contributed by atoms with van der Waals surface area (Å²) in [6.07, 6.45) is 2.81. The number of carbonyl (C=O) groups excluding carboxylic acids is 1. The van der Waals surface area contributed by atoms with Gasteiger partial charge < -0.3 is 10.5 Å². The number of esters is 1. The lowest BCUT2D eigenvalue weighted by Gasteiger charge is -2.39. The molecule has 82 valence electrons. The van der Waals surface area contributed by atoms with Crippen LogP contribution < -0.4 is 5.73 Å². The Bertz CT molecular complexity index is 217. The lowest BCUT2D eigenvalue weighted by atomic mass is 9.70. The maximum Gasteiger partial charge on any atom is 0.326 e. The number of hydrogen-bond donors (Lipinski definition) is 1. The van der Waals surface area contributed by atoms with Crippen LogP contribution in [0.3, 0.4) is 0 Å². The highest BCUT2D eigenvalue weighted by Gasteiger charge is 2.44. The molecule has 0 aromatic rings. The van der Waals surface area contributed by atoms with Crippen molar-refractivity contribution in [2.45, 2.75) is 45.6 Å². The molecule has 0 aromatic heterocycles. The van der Waals surface area contributed by atoms with E-state index in [4.69, 9.17) is 10.5 Å². The molecule has 0 amide bonds. The zero-order valence-electron chi connectivity index (χ0n) is 9.38. The number of nitrogens with two attached hydrogens (primary N) is 1. The molecule has 0 aromatic carbocycles. The van der Waals surface area contributed by atoms with Crippen LogP contribution in [0.4, 0.5) is 0 Å². The lowest BCUT2D eigenvalue weighted by Crippen LogP contribution is -2.56. The van der Waals surface area contributed by atoms with E-state index in [0.29, 0.717) is 12.5 Å². The van der Waals surface area contributed by atoms with Gasteiger partial charge in [0, 0.05) is 0 Å². The predicted octanol–water partition coefficient (Wildman–Crippen LogP) is 1.70. The molecule has 1 saturated carbocycles. The molecule has 1 aliphatic carbocycles. The molecular weight excluding hydrogens is 178 g/mol. The quantitative estimate of drug-likeness (QED) is 0.689. The average Bonchev–Trinajstić information content (AvgIpc) is 2.12. The lowest BCUT2D eigenvalue weighted by molar-refractivity contribution is -0.153. The molecule has 0 radical (unpaired) electrons. The minimum Gasteiger partial charge on any atom is -0.465 e. The maximum absolute atomic E-state index is 11.7. The second-order valence-electron chi connectivity index (χ2n) is 4.54. The molecule has 1 rings (SSSR count). The fourth-order valence-corrected chi connectivity index (χ4v) is 2.23. The Kier molecular flexibility index (Phi) is 3.53. The third kappa shape index (κ3) is 2.08. The summed E-state index contributed by atoms with van der Waals surface area (Å²) in [6, 6.07) is 0. The molecule has 2 N–H and O–H groups in total. The fraction of sp³-hybridized carbons (Fsp3) is 0.909. The Labute approximate surface area is 86.0 Å². The van der Waals surface area contributed by atoms with Crippen LogP contribution in [0.2, 0.25) is 0 Å². The van der Waals surface area contributed by atoms with Gasteiger partial charge >= 0.3 is 5.97 Å². The summed E-state index contributed by atoms with van der Waals surface area (Å²) in [6.45, 7) is 6.49. The van der Waals surface area contributed by atoms with E-state index >= 15 is 0 Å². The van der Waals surface area contributed by atoms with Crippen LogP contribution in [0, 0.1) is 11.8 Å². The zero-order chi connectivity index (χ0) is 10.8. The number of carbonyl (C=O) groups is 1. The van der Waals surface area contributed by atoms with Crippen LogP contribution in [-0.4, -0.2) is 18.1 Å². The van der Waals surface area contributed by atoms with E-state index in [1.54, 1.807) is 0 Å².